The van der Waals surface area contributed by atoms with Crippen molar-refractivity contribution < 1.29 is 4.39 Å². The zero-order chi connectivity index (χ0) is 9.26. The van der Waals surface area contributed by atoms with E-state index in [2.05, 4.69) is 0 Å². The van der Waals surface area contributed by atoms with Crippen molar-refractivity contribution in [2.24, 2.45) is 5.92 Å². The molecule has 0 aliphatic heterocycles. The molecule has 70 valence electrons. The fraction of sp³-hybridized carbons (Fsp3) is 0.455. The zero-order valence-electron chi connectivity index (χ0n) is 7.34. The van der Waals surface area contributed by atoms with Crippen molar-refractivity contribution in [2.75, 3.05) is 0 Å². The van der Waals surface area contributed by atoms with Crippen LogP contribution in [0.3, 0.4) is 0 Å². The average molecular weight is 199 g/mol. The highest BCUT2D eigenvalue weighted by molar-refractivity contribution is 6.21. The Balaban J connectivity index is 2.00. The summed E-state index contributed by atoms with van der Waals surface area (Å²) in [6, 6.07) is 6.70. The number of rotatable bonds is 3. The van der Waals surface area contributed by atoms with Crippen molar-refractivity contribution in [1.29, 1.82) is 0 Å². The van der Waals surface area contributed by atoms with Gasteiger partial charge in [0.2, 0.25) is 0 Å². The standard InChI is InChI=1S/C11H12ClF/c12-11(9-4-5-9)7-8-2-1-3-10(13)6-8/h1-3,6,9,11H,4-5,7H2. The number of halogens is 2. The van der Waals surface area contributed by atoms with Gasteiger partial charge in [-0.1, -0.05) is 12.1 Å². The van der Waals surface area contributed by atoms with E-state index in [1.807, 2.05) is 6.07 Å². The van der Waals surface area contributed by atoms with E-state index in [4.69, 9.17) is 11.6 Å². The molecule has 1 unspecified atom stereocenters. The molecule has 1 aromatic carbocycles. The number of benzene rings is 1. The third kappa shape index (κ3) is 2.44. The molecule has 0 N–H and O–H groups in total. The first-order valence-corrected chi connectivity index (χ1v) is 5.08. The predicted octanol–water partition coefficient (Wildman–Crippen LogP) is 3.39. The molecule has 0 spiro atoms. The fourth-order valence-corrected chi connectivity index (χ4v) is 1.94. The summed E-state index contributed by atoms with van der Waals surface area (Å²) < 4.78 is 12.8. The Morgan fingerprint density at radius 3 is 2.85 bits per heavy atom. The monoisotopic (exact) mass is 198 g/mol. The van der Waals surface area contributed by atoms with Crippen LogP contribution < -0.4 is 0 Å². The van der Waals surface area contributed by atoms with Crippen LogP contribution in [-0.4, -0.2) is 5.38 Å². The van der Waals surface area contributed by atoms with Gasteiger partial charge in [0, 0.05) is 5.38 Å². The second kappa shape index (κ2) is 3.67. The van der Waals surface area contributed by atoms with Crippen molar-refractivity contribution in [3.05, 3.63) is 35.6 Å². The summed E-state index contributed by atoms with van der Waals surface area (Å²) in [6.07, 6.45) is 3.27. The van der Waals surface area contributed by atoms with Crippen molar-refractivity contribution in [2.45, 2.75) is 24.6 Å². The van der Waals surface area contributed by atoms with E-state index in [1.165, 1.54) is 18.9 Å². The van der Waals surface area contributed by atoms with Crippen molar-refractivity contribution in [3.63, 3.8) is 0 Å². The average Bonchev–Trinajstić information content (AvgIpc) is 2.85. The number of alkyl halides is 1. The molecule has 1 fully saturated rings. The largest absolute Gasteiger partial charge is 0.207 e. The van der Waals surface area contributed by atoms with E-state index in [0.717, 1.165) is 12.0 Å². The first kappa shape index (κ1) is 9.01. The van der Waals surface area contributed by atoms with Gasteiger partial charge in [-0.2, -0.15) is 0 Å². The Kier molecular flexibility index (Phi) is 2.54. The summed E-state index contributed by atoms with van der Waals surface area (Å²) in [7, 11) is 0. The molecule has 2 heteroatoms. The van der Waals surface area contributed by atoms with Gasteiger partial charge >= 0.3 is 0 Å². The quantitative estimate of drug-likeness (QED) is 0.654. The summed E-state index contributed by atoms with van der Waals surface area (Å²) in [5.74, 6) is 0.502. The maximum Gasteiger partial charge on any atom is 0.123 e. The molecule has 0 radical (unpaired) electrons. The molecular formula is C11H12ClF. The Bertz CT molecular complexity index is 294. The second-order valence-corrected chi connectivity index (χ2v) is 4.25. The topological polar surface area (TPSA) is 0 Å². The van der Waals surface area contributed by atoms with Crippen LogP contribution in [-0.2, 0) is 6.42 Å². The Morgan fingerprint density at radius 2 is 2.23 bits per heavy atom. The molecule has 1 atom stereocenters. The summed E-state index contributed by atoms with van der Waals surface area (Å²) in [4.78, 5) is 0. The van der Waals surface area contributed by atoms with Crippen LogP contribution in [0.1, 0.15) is 18.4 Å². The van der Waals surface area contributed by atoms with Gasteiger partial charge in [-0.15, -0.1) is 11.6 Å². The third-order valence-electron chi connectivity index (χ3n) is 2.45. The highest BCUT2D eigenvalue weighted by atomic mass is 35.5. The van der Waals surface area contributed by atoms with Gasteiger partial charge in [-0.25, -0.2) is 4.39 Å². The molecule has 0 amide bonds. The first-order valence-electron chi connectivity index (χ1n) is 4.64. The molecule has 0 bridgehead atoms. The van der Waals surface area contributed by atoms with Gasteiger partial charge in [-0.3, -0.25) is 0 Å². The normalized spacial score (nSPS) is 18.6. The lowest BCUT2D eigenvalue weighted by Crippen LogP contribution is -2.05. The van der Waals surface area contributed by atoms with Crippen LogP contribution in [0.25, 0.3) is 0 Å². The molecule has 0 saturated heterocycles. The van der Waals surface area contributed by atoms with E-state index >= 15 is 0 Å². The molecule has 2 rings (SSSR count). The van der Waals surface area contributed by atoms with E-state index < -0.39 is 0 Å². The van der Waals surface area contributed by atoms with Gasteiger partial charge in [-0.05, 0) is 42.9 Å². The van der Waals surface area contributed by atoms with Crippen molar-refractivity contribution in [3.8, 4) is 0 Å². The van der Waals surface area contributed by atoms with Crippen LogP contribution in [0.5, 0.6) is 0 Å². The minimum Gasteiger partial charge on any atom is -0.207 e. The SMILES string of the molecule is Fc1cccc(CC(Cl)C2CC2)c1. The summed E-state index contributed by atoms with van der Waals surface area (Å²) in [6.45, 7) is 0. The second-order valence-electron chi connectivity index (χ2n) is 3.69. The predicted molar refractivity (Wildman–Crippen MR) is 52.5 cm³/mol. The summed E-state index contributed by atoms with van der Waals surface area (Å²) >= 11 is 6.14. The molecule has 0 nitrogen and oxygen atoms in total. The number of hydrogen-bond donors (Lipinski definition) is 0. The molecule has 1 aliphatic carbocycles. The van der Waals surface area contributed by atoms with Crippen molar-refractivity contribution >= 4 is 11.6 Å². The lowest BCUT2D eigenvalue weighted by molar-refractivity contribution is 0.623. The molecule has 0 heterocycles. The van der Waals surface area contributed by atoms with E-state index in [1.54, 1.807) is 12.1 Å². The van der Waals surface area contributed by atoms with Crippen LogP contribution in [0.15, 0.2) is 24.3 Å². The lowest BCUT2D eigenvalue weighted by Gasteiger charge is -2.07. The van der Waals surface area contributed by atoms with Gasteiger partial charge in [0.1, 0.15) is 5.82 Å². The molecule has 1 aromatic rings. The molecule has 1 saturated carbocycles. The third-order valence-corrected chi connectivity index (χ3v) is 2.96. The Labute approximate surface area is 82.7 Å². The fourth-order valence-electron chi connectivity index (χ4n) is 1.51. The van der Waals surface area contributed by atoms with Crippen LogP contribution >= 0.6 is 11.6 Å². The maximum absolute atomic E-state index is 12.8. The van der Waals surface area contributed by atoms with Crippen LogP contribution in [0.4, 0.5) is 4.39 Å². The molecule has 13 heavy (non-hydrogen) atoms. The Morgan fingerprint density at radius 1 is 1.46 bits per heavy atom. The molecular weight excluding hydrogens is 187 g/mol. The highest BCUT2D eigenvalue weighted by Crippen LogP contribution is 2.37. The van der Waals surface area contributed by atoms with E-state index in [0.29, 0.717) is 5.92 Å². The minimum atomic E-state index is -0.169. The van der Waals surface area contributed by atoms with Gasteiger partial charge in [0.25, 0.3) is 0 Å². The molecule has 1 aliphatic rings. The van der Waals surface area contributed by atoms with Gasteiger partial charge in [0.05, 0.1) is 0 Å². The first-order chi connectivity index (χ1) is 6.25. The molecule has 0 aromatic heterocycles. The van der Waals surface area contributed by atoms with Crippen molar-refractivity contribution in [1.82, 2.24) is 0 Å². The zero-order valence-corrected chi connectivity index (χ0v) is 8.10. The van der Waals surface area contributed by atoms with Gasteiger partial charge in [0.15, 0.2) is 0 Å². The Hall–Kier alpha value is -0.560. The summed E-state index contributed by atoms with van der Waals surface area (Å²) in [5, 5.41) is 0.196. The highest BCUT2D eigenvalue weighted by Gasteiger charge is 2.29. The van der Waals surface area contributed by atoms with E-state index in [9.17, 15) is 4.39 Å². The number of hydrogen-bond acceptors (Lipinski definition) is 0. The van der Waals surface area contributed by atoms with Gasteiger partial charge < -0.3 is 0 Å². The minimum absolute atomic E-state index is 0.169. The smallest absolute Gasteiger partial charge is 0.123 e. The lowest BCUT2D eigenvalue weighted by atomic mass is 10.1. The van der Waals surface area contributed by atoms with E-state index in [-0.39, 0.29) is 11.2 Å². The van der Waals surface area contributed by atoms with Crippen LogP contribution in [0.2, 0.25) is 0 Å². The maximum atomic E-state index is 12.8. The summed E-state index contributed by atoms with van der Waals surface area (Å²) in [5.41, 5.74) is 1.01. The van der Waals surface area contributed by atoms with Crippen LogP contribution in [0, 0.1) is 11.7 Å².